The summed E-state index contributed by atoms with van der Waals surface area (Å²) in [5.74, 6) is 0.927. The van der Waals surface area contributed by atoms with Crippen LogP contribution in [0, 0.1) is 13.8 Å². The van der Waals surface area contributed by atoms with Crippen LogP contribution in [0.3, 0.4) is 0 Å². The van der Waals surface area contributed by atoms with Gasteiger partial charge in [0.25, 0.3) is 0 Å². The highest BCUT2D eigenvalue weighted by Gasteiger charge is 2.16. The molecule has 0 aliphatic carbocycles. The van der Waals surface area contributed by atoms with Gasteiger partial charge in [0.1, 0.15) is 0 Å². The standard InChI is InChI=1S/C19H22N4O3S/c1-13-6-7-15(18-22-21-14(2)26-18)11-17(13)20-19(24)23(8-9-25-3)12-16-5-4-10-27-16/h4-7,10-11H,8-9,12H2,1-3H3,(H,20,24). The summed E-state index contributed by atoms with van der Waals surface area (Å²) in [5, 5.41) is 12.9. The molecular formula is C19H22N4O3S. The highest BCUT2D eigenvalue weighted by Crippen LogP contribution is 2.25. The fraction of sp³-hybridized carbons (Fsp3) is 0.316. The Labute approximate surface area is 162 Å². The number of carbonyl (C=O) groups is 1. The molecule has 0 spiro atoms. The summed E-state index contributed by atoms with van der Waals surface area (Å²) in [5.41, 5.74) is 2.42. The number of rotatable bonds is 7. The van der Waals surface area contributed by atoms with Gasteiger partial charge in [-0.15, -0.1) is 21.5 Å². The van der Waals surface area contributed by atoms with Crippen molar-refractivity contribution in [1.29, 1.82) is 0 Å². The average molecular weight is 386 g/mol. The third-order valence-corrected chi connectivity index (χ3v) is 4.89. The average Bonchev–Trinajstić information content (AvgIpc) is 3.32. The van der Waals surface area contributed by atoms with Gasteiger partial charge in [-0.2, -0.15) is 0 Å². The molecular weight excluding hydrogens is 364 g/mol. The molecule has 0 aliphatic rings. The first kappa shape index (κ1) is 19.1. The summed E-state index contributed by atoms with van der Waals surface area (Å²) in [7, 11) is 1.63. The summed E-state index contributed by atoms with van der Waals surface area (Å²) in [6.07, 6.45) is 0. The van der Waals surface area contributed by atoms with Crippen molar-refractivity contribution in [3.63, 3.8) is 0 Å². The molecule has 2 heterocycles. The largest absolute Gasteiger partial charge is 0.421 e. The van der Waals surface area contributed by atoms with Gasteiger partial charge in [0.15, 0.2) is 0 Å². The fourth-order valence-electron chi connectivity index (χ4n) is 2.54. The van der Waals surface area contributed by atoms with E-state index in [0.717, 1.165) is 16.0 Å². The second kappa shape index (κ2) is 8.79. The number of anilines is 1. The van der Waals surface area contributed by atoms with Gasteiger partial charge in [-0.1, -0.05) is 12.1 Å². The van der Waals surface area contributed by atoms with Crippen molar-refractivity contribution in [3.8, 4) is 11.5 Å². The summed E-state index contributed by atoms with van der Waals surface area (Å²) in [6.45, 7) is 5.19. The van der Waals surface area contributed by atoms with E-state index >= 15 is 0 Å². The van der Waals surface area contributed by atoms with E-state index in [9.17, 15) is 4.79 Å². The Morgan fingerprint density at radius 1 is 1.30 bits per heavy atom. The monoisotopic (exact) mass is 386 g/mol. The van der Waals surface area contributed by atoms with Gasteiger partial charge in [0, 0.05) is 36.7 Å². The minimum atomic E-state index is -0.178. The number of aromatic nitrogens is 2. The molecule has 1 aromatic carbocycles. The first-order chi connectivity index (χ1) is 13.1. The van der Waals surface area contributed by atoms with Gasteiger partial charge in [0.05, 0.1) is 13.2 Å². The number of hydrogen-bond acceptors (Lipinski definition) is 6. The molecule has 0 saturated carbocycles. The van der Waals surface area contributed by atoms with Gasteiger partial charge < -0.3 is 19.4 Å². The van der Waals surface area contributed by atoms with E-state index in [1.165, 1.54) is 0 Å². The van der Waals surface area contributed by atoms with E-state index in [1.807, 2.05) is 42.6 Å². The maximum Gasteiger partial charge on any atom is 0.322 e. The summed E-state index contributed by atoms with van der Waals surface area (Å²) in [6, 6.07) is 9.48. The number of carbonyl (C=O) groups excluding carboxylic acids is 1. The normalized spacial score (nSPS) is 10.8. The predicted molar refractivity (Wildman–Crippen MR) is 105 cm³/mol. The van der Waals surface area contributed by atoms with E-state index in [1.54, 1.807) is 30.3 Å². The molecule has 27 heavy (non-hydrogen) atoms. The lowest BCUT2D eigenvalue weighted by atomic mass is 10.1. The van der Waals surface area contributed by atoms with Crippen LogP contribution in [0.2, 0.25) is 0 Å². The Hall–Kier alpha value is -2.71. The van der Waals surface area contributed by atoms with Crippen LogP contribution in [0.5, 0.6) is 0 Å². The molecule has 142 valence electrons. The zero-order chi connectivity index (χ0) is 19.2. The van der Waals surface area contributed by atoms with Crippen LogP contribution in [0.4, 0.5) is 10.5 Å². The summed E-state index contributed by atoms with van der Waals surface area (Å²) < 4.78 is 10.6. The van der Waals surface area contributed by atoms with Crippen molar-refractivity contribution in [2.75, 3.05) is 25.6 Å². The second-order valence-corrected chi connectivity index (χ2v) is 7.11. The second-order valence-electron chi connectivity index (χ2n) is 6.08. The minimum absolute atomic E-state index is 0.178. The van der Waals surface area contributed by atoms with E-state index in [2.05, 4.69) is 15.5 Å². The maximum atomic E-state index is 12.9. The lowest BCUT2D eigenvalue weighted by Crippen LogP contribution is -2.36. The first-order valence-corrected chi connectivity index (χ1v) is 9.43. The molecule has 0 radical (unpaired) electrons. The quantitative estimate of drug-likeness (QED) is 0.661. The topological polar surface area (TPSA) is 80.5 Å². The molecule has 0 atom stereocenters. The lowest BCUT2D eigenvalue weighted by molar-refractivity contribution is 0.153. The van der Waals surface area contributed by atoms with Crippen molar-refractivity contribution >= 4 is 23.1 Å². The van der Waals surface area contributed by atoms with E-state index in [-0.39, 0.29) is 6.03 Å². The Bertz CT molecular complexity index is 892. The van der Waals surface area contributed by atoms with E-state index in [4.69, 9.17) is 9.15 Å². The smallest absolute Gasteiger partial charge is 0.322 e. The van der Waals surface area contributed by atoms with Crippen molar-refractivity contribution in [3.05, 3.63) is 52.0 Å². The third-order valence-electron chi connectivity index (χ3n) is 4.03. The van der Waals surface area contributed by atoms with Crippen LogP contribution in [0.15, 0.2) is 40.1 Å². The Balaban J connectivity index is 1.77. The number of ether oxygens (including phenoxy) is 1. The highest BCUT2D eigenvalue weighted by molar-refractivity contribution is 7.09. The molecule has 0 fully saturated rings. The van der Waals surface area contributed by atoms with E-state index in [0.29, 0.717) is 37.2 Å². The van der Waals surface area contributed by atoms with Gasteiger partial charge in [-0.3, -0.25) is 0 Å². The van der Waals surface area contributed by atoms with Crippen LogP contribution < -0.4 is 5.32 Å². The number of hydrogen-bond donors (Lipinski definition) is 1. The van der Waals surface area contributed by atoms with E-state index < -0.39 is 0 Å². The number of thiophene rings is 1. The SMILES string of the molecule is COCCN(Cc1cccs1)C(=O)Nc1cc(-c2nnc(C)o2)ccc1C. The van der Waals surface area contributed by atoms with Crippen LogP contribution in [-0.4, -0.2) is 41.4 Å². The van der Waals surface area contributed by atoms with Gasteiger partial charge in [0.2, 0.25) is 11.8 Å². The maximum absolute atomic E-state index is 12.9. The Kier molecular flexibility index (Phi) is 6.20. The summed E-state index contributed by atoms with van der Waals surface area (Å²) >= 11 is 1.62. The molecule has 0 bridgehead atoms. The molecule has 3 aromatic rings. The number of aryl methyl sites for hydroxylation is 2. The Morgan fingerprint density at radius 3 is 2.81 bits per heavy atom. The zero-order valence-electron chi connectivity index (χ0n) is 15.6. The van der Waals surface area contributed by atoms with Gasteiger partial charge in [-0.05, 0) is 36.1 Å². The molecule has 8 heteroatoms. The van der Waals surface area contributed by atoms with Crippen molar-refractivity contribution in [1.82, 2.24) is 15.1 Å². The van der Waals surface area contributed by atoms with Gasteiger partial charge in [-0.25, -0.2) is 4.79 Å². The number of methoxy groups -OCH3 is 1. The van der Waals surface area contributed by atoms with Crippen molar-refractivity contribution < 1.29 is 13.9 Å². The fourth-order valence-corrected chi connectivity index (χ4v) is 3.26. The number of nitrogens with one attached hydrogen (secondary N) is 1. The number of urea groups is 1. The molecule has 0 unspecified atom stereocenters. The zero-order valence-corrected chi connectivity index (χ0v) is 16.4. The molecule has 2 amide bonds. The molecule has 1 N–H and O–H groups in total. The predicted octanol–water partition coefficient (Wildman–Crippen LogP) is 4.10. The Morgan fingerprint density at radius 2 is 2.15 bits per heavy atom. The number of nitrogens with zero attached hydrogens (tertiary/aromatic N) is 3. The molecule has 3 rings (SSSR count). The third kappa shape index (κ3) is 4.93. The highest BCUT2D eigenvalue weighted by atomic mass is 32.1. The van der Waals surface area contributed by atoms with Crippen LogP contribution in [0.25, 0.3) is 11.5 Å². The van der Waals surface area contributed by atoms with Crippen LogP contribution in [-0.2, 0) is 11.3 Å². The molecule has 0 saturated heterocycles. The molecule has 7 nitrogen and oxygen atoms in total. The van der Waals surface area contributed by atoms with Gasteiger partial charge >= 0.3 is 6.03 Å². The molecule has 2 aromatic heterocycles. The van der Waals surface area contributed by atoms with Crippen LogP contribution in [0.1, 0.15) is 16.3 Å². The summed E-state index contributed by atoms with van der Waals surface area (Å²) in [4.78, 5) is 15.7. The first-order valence-electron chi connectivity index (χ1n) is 8.55. The van der Waals surface area contributed by atoms with Crippen molar-refractivity contribution in [2.45, 2.75) is 20.4 Å². The number of amides is 2. The van der Waals surface area contributed by atoms with Crippen LogP contribution >= 0.6 is 11.3 Å². The lowest BCUT2D eigenvalue weighted by Gasteiger charge is -2.23. The van der Waals surface area contributed by atoms with Crippen molar-refractivity contribution in [2.24, 2.45) is 0 Å². The minimum Gasteiger partial charge on any atom is -0.421 e. The molecule has 0 aliphatic heterocycles. The number of benzene rings is 1.